The Bertz CT molecular complexity index is 384. The van der Waals surface area contributed by atoms with Crippen molar-refractivity contribution in [3.05, 3.63) is 12.2 Å². The smallest absolute Gasteiger partial charge is 0.333 e. The van der Waals surface area contributed by atoms with Gasteiger partial charge >= 0.3 is 5.97 Å². The van der Waals surface area contributed by atoms with Crippen LogP contribution in [0.3, 0.4) is 0 Å². The first-order valence-corrected chi connectivity index (χ1v) is 7.76. The molecule has 19 heavy (non-hydrogen) atoms. The summed E-state index contributed by atoms with van der Waals surface area (Å²) in [6.45, 7) is 5.48. The molecule has 1 saturated carbocycles. The van der Waals surface area contributed by atoms with Crippen molar-refractivity contribution in [3.8, 4) is 0 Å². The number of carbonyl (C=O) groups excluding carboxylic acids is 1. The quantitative estimate of drug-likeness (QED) is 0.628. The van der Waals surface area contributed by atoms with Crippen molar-refractivity contribution in [1.29, 1.82) is 0 Å². The van der Waals surface area contributed by atoms with Gasteiger partial charge in [0.25, 0.3) is 0 Å². The van der Waals surface area contributed by atoms with Crippen LogP contribution in [0.2, 0.25) is 0 Å². The minimum atomic E-state index is -0.207. The van der Waals surface area contributed by atoms with Crippen LogP contribution in [-0.4, -0.2) is 23.7 Å². The van der Waals surface area contributed by atoms with Gasteiger partial charge in [0.2, 0.25) is 0 Å². The van der Waals surface area contributed by atoms with E-state index in [1.54, 1.807) is 6.92 Å². The van der Waals surface area contributed by atoms with Gasteiger partial charge in [0.05, 0.1) is 0 Å². The summed E-state index contributed by atoms with van der Waals surface area (Å²) in [6.07, 6.45) is 9.49. The van der Waals surface area contributed by atoms with E-state index in [2.05, 4.69) is 11.9 Å². The zero-order valence-corrected chi connectivity index (χ0v) is 11.9. The van der Waals surface area contributed by atoms with Gasteiger partial charge in [-0.3, -0.25) is 0 Å². The van der Waals surface area contributed by atoms with Crippen molar-refractivity contribution in [2.24, 2.45) is 5.92 Å². The van der Waals surface area contributed by atoms with Crippen LogP contribution in [0.15, 0.2) is 12.2 Å². The lowest BCUT2D eigenvalue weighted by atomic mass is 9.69. The van der Waals surface area contributed by atoms with Crippen LogP contribution in [0.25, 0.3) is 0 Å². The van der Waals surface area contributed by atoms with E-state index in [1.165, 1.54) is 38.5 Å². The number of rotatable bonds is 3. The molecule has 3 aliphatic rings. The van der Waals surface area contributed by atoms with Gasteiger partial charge in [0, 0.05) is 23.6 Å². The lowest BCUT2D eigenvalue weighted by Crippen LogP contribution is -2.49. The van der Waals surface area contributed by atoms with Crippen LogP contribution in [0, 0.1) is 5.92 Å². The second kappa shape index (κ2) is 4.93. The zero-order chi connectivity index (χ0) is 13.5. The largest absolute Gasteiger partial charge is 0.455 e. The van der Waals surface area contributed by atoms with Gasteiger partial charge in [-0.2, -0.15) is 0 Å². The number of fused-ring (bicyclic) bond motifs is 2. The highest BCUT2D eigenvalue weighted by Crippen LogP contribution is 2.47. The first kappa shape index (κ1) is 13.2. The topological polar surface area (TPSA) is 38.3 Å². The minimum absolute atomic E-state index is 0.190. The molecular weight excluding hydrogens is 238 g/mol. The van der Waals surface area contributed by atoms with Crippen molar-refractivity contribution in [2.45, 2.75) is 76.0 Å². The Hall–Kier alpha value is -0.830. The fourth-order valence-corrected chi connectivity index (χ4v) is 4.38. The summed E-state index contributed by atoms with van der Waals surface area (Å²) in [5, 5.41) is 3.69. The number of ether oxygens (including phenoxy) is 1. The van der Waals surface area contributed by atoms with E-state index in [1.807, 2.05) is 0 Å². The van der Waals surface area contributed by atoms with Gasteiger partial charge in [-0.05, 0) is 51.9 Å². The van der Waals surface area contributed by atoms with E-state index in [0.717, 1.165) is 12.8 Å². The summed E-state index contributed by atoms with van der Waals surface area (Å²) >= 11 is 0. The van der Waals surface area contributed by atoms with Gasteiger partial charge in [-0.1, -0.05) is 13.0 Å². The molecule has 0 radical (unpaired) electrons. The first-order chi connectivity index (χ1) is 9.11. The first-order valence-electron chi connectivity index (χ1n) is 7.76. The molecule has 1 N–H and O–H groups in total. The minimum Gasteiger partial charge on any atom is -0.455 e. The van der Waals surface area contributed by atoms with E-state index >= 15 is 0 Å². The van der Waals surface area contributed by atoms with Gasteiger partial charge in [-0.15, -0.1) is 0 Å². The summed E-state index contributed by atoms with van der Waals surface area (Å²) in [5.74, 6) is 0.333. The van der Waals surface area contributed by atoms with Crippen molar-refractivity contribution < 1.29 is 9.53 Å². The molecule has 3 heteroatoms. The summed E-state index contributed by atoms with van der Waals surface area (Å²) in [4.78, 5) is 12.0. The Balaban J connectivity index is 1.80. The van der Waals surface area contributed by atoms with E-state index in [-0.39, 0.29) is 11.6 Å². The molecule has 0 aromatic rings. The van der Waals surface area contributed by atoms with E-state index in [9.17, 15) is 4.79 Å². The van der Waals surface area contributed by atoms with Gasteiger partial charge in [0.1, 0.15) is 5.60 Å². The van der Waals surface area contributed by atoms with Crippen LogP contribution in [0.1, 0.15) is 58.3 Å². The van der Waals surface area contributed by atoms with Crippen LogP contribution >= 0.6 is 0 Å². The molecule has 2 bridgehead atoms. The van der Waals surface area contributed by atoms with Gasteiger partial charge in [0.15, 0.2) is 0 Å². The van der Waals surface area contributed by atoms with Gasteiger partial charge < -0.3 is 10.1 Å². The van der Waals surface area contributed by atoms with Crippen LogP contribution < -0.4 is 5.32 Å². The second-order valence-corrected chi connectivity index (χ2v) is 6.68. The fraction of sp³-hybridized carbons (Fsp3) is 0.812. The lowest BCUT2D eigenvalue weighted by Gasteiger charge is -2.44. The molecule has 3 atom stereocenters. The van der Waals surface area contributed by atoms with Crippen LogP contribution in [0.5, 0.6) is 0 Å². The highest BCUT2D eigenvalue weighted by atomic mass is 16.6. The van der Waals surface area contributed by atoms with Crippen molar-refractivity contribution in [3.63, 3.8) is 0 Å². The number of carbonyl (C=O) groups is 1. The van der Waals surface area contributed by atoms with E-state index in [4.69, 9.17) is 4.74 Å². The molecule has 3 rings (SSSR count). The second-order valence-electron chi connectivity index (χ2n) is 6.68. The molecule has 0 aromatic carbocycles. The molecule has 2 saturated heterocycles. The lowest BCUT2D eigenvalue weighted by molar-refractivity contribution is -0.167. The molecule has 0 aromatic heterocycles. The predicted molar refractivity (Wildman–Crippen MR) is 74.8 cm³/mol. The number of esters is 1. The fourth-order valence-electron chi connectivity index (χ4n) is 4.38. The standard InChI is InChI=1S/C16H25NO2/c1-11(2)15(18)19-16(8-4-3-5-9-16)13-10-12-6-7-14(13)17-12/h12-14,17H,1,3-10H2,2H3. The number of nitrogens with one attached hydrogen (secondary N) is 1. The maximum atomic E-state index is 12.0. The highest BCUT2D eigenvalue weighted by Gasteiger charge is 2.52. The molecule has 0 spiro atoms. The molecular formula is C16H25NO2. The molecule has 3 fully saturated rings. The van der Waals surface area contributed by atoms with Crippen molar-refractivity contribution in [2.75, 3.05) is 0 Å². The number of hydrogen-bond donors (Lipinski definition) is 1. The normalized spacial score (nSPS) is 36.2. The average molecular weight is 263 g/mol. The van der Waals surface area contributed by atoms with Gasteiger partial charge in [-0.25, -0.2) is 4.79 Å². The SMILES string of the molecule is C=C(C)C(=O)OC1(C2CC3CCC2N3)CCCCC1. The molecule has 0 amide bonds. The average Bonchev–Trinajstić information content (AvgIpc) is 3.02. The van der Waals surface area contributed by atoms with Crippen LogP contribution in [-0.2, 0) is 9.53 Å². The van der Waals surface area contributed by atoms with Crippen LogP contribution in [0.4, 0.5) is 0 Å². The third kappa shape index (κ3) is 2.33. The molecule has 3 unspecified atom stereocenters. The third-order valence-electron chi connectivity index (χ3n) is 5.32. The molecule has 1 aliphatic carbocycles. The Kier molecular flexibility index (Phi) is 3.42. The third-order valence-corrected chi connectivity index (χ3v) is 5.32. The Morgan fingerprint density at radius 1 is 1.26 bits per heavy atom. The summed E-state index contributed by atoms with van der Waals surface area (Å²) in [6, 6.07) is 1.23. The monoisotopic (exact) mass is 263 g/mol. The summed E-state index contributed by atoms with van der Waals surface area (Å²) < 4.78 is 6.00. The maximum Gasteiger partial charge on any atom is 0.333 e. The Morgan fingerprint density at radius 3 is 2.53 bits per heavy atom. The molecule has 106 valence electrons. The molecule has 2 heterocycles. The Labute approximate surface area is 115 Å². The molecule has 2 aliphatic heterocycles. The predicted octanol–water partition coefficient (Wildman–Crippen LogP) is 2.95. The maximum absolute atomic E-state index is 12.0. The van der Waals surface area contributed by atoms with E-state index < -0.39 is 0 Å². The highest BCUT2D eigenvalue weighted by molar-refractivity contribution is 5.87. The summed E-state index contributed by atoms with van der Waals surface area (Å²) in [7, 11) is 0. The van der Waals surface area contributed by atoms with Crippen molar-refractivity contribution in [1.82, 2.24) is 5.32 Å². The Morgan fingerprint density at radius 2 is 2.00 bits per heavy atom. The van der Waals surface area contributed by atoms with Crippen molar-refractivity contribution >= 4 is 5.97 Å². The summed E-state index contributed by atoms with van der Waals surface area (Å²) in [5.41, 5.74) is 0.322. The van der Waals surface area contributed by atoms with E-state index in [0.29, 0.717) is 23.6 Å². The zero-order valence-electron chi connectivity index (χ0n) is 11.9. The number of hydrogen-bond acceptors (Lipinski definition) is 3. The molecule has 3 nitrogen and oxygen atoms in total.